The minimum absolute atomic E-state index is 0.200. The van der Waals surface area contributed by atoms with Crippen LogP contribution in [0.4, 0.5) is 13.2 Å². The molecule has 1 saturated heterocycles. The number of benzene rings is 2. The third-order valence-corrected chi connectivity index (χ3v) is 4.46. The minimum Gasteiger partial charge on any atom is -0.292 e. The van der Waals surface area contributed by atoms with Gasteiger partial charge < -0.3 is 0 Å². The van der Waals surface area contributed by atoms with Gasteiger partial charge in [-0.05, 0) is 42.6 Å². The van der Waals surface area contributed by atoms with Gasteiger partial charge in [-0.1, -0.05) is 48.9 Å². The van der Waals surface area contributed by atoms with Crippen molar-refractivity contribution >= 4 is 0 Å². The topological polar surface area (TPSA) is 3.24 Å². The van der Waals surface area contributed by atoms with E-state index in [0.29, 0.717) is 0 Å². The molecule has 2 aromatic carbocycles. The van der Waals surface area contributed by atoms with E-state index in [4.69, 9.17) is 0 Å². The first kappa shape index (κ1) is 16.1. The molecule has 1 atom stereocenters. The first-order valence-corrected chi connectivity index (χ1v) is 7.99. The molecule has 0 aromatic heterocycles. The predicted octanol–water partition coefficient (Wildman–Crippen LogP) is 5.43. The Balaban J connectivity index is 1.78. The van der Waals surface area contributed by atoms with Crippen molar-refractivity contribution < 1.29 is 13.2 Å². The highest BCUT2D eigenvalue weighted by atomic mass is 19.4. The van der Waals surface area contributed by atoms with Crippen LogP contribution in [0.15, 0.2) is 54.6 Å². The van der Waals surface area contributed by atoms with Gasteiger partial charge in [0.25, 0.3) is 0 Å². The zero-order chi connectivity index (χ0) is 16.3. The van der Waals surface area contributed by atoms with Gasteiger partial charge in [-0.3, -0.25) is 4.90 Å². The Kier molecular flexibility index (Phi) is 4.71. The van der Waals surface area contributed by atoms with E-state index in [0.717, 1.165) is 37.9 Å². The second-order valence-electron chi connectivity index (χ2n) is 6.09. The molecule has 1 nitrogen and oxygen atoms in total. The molecule has 1 aliphatic heterocycles. The molecule has 0 spiro atoms. The van der Waals surface area contributed by atoms with Crippen LogP contribution in [0, 0.1) is 0 Å². The van der Waals surface area contributed by atoms with Crippen LogP contribution in [0.5, 0.6) is 0 Å². The quantitative estimate of drug-likeness (QED) is 0.729. The Bertz CT molecular complexity index is 619. The van der Waals surface area contributed by atoms with E-state index in [2.05, 4.69) is 17.0 Å². The molecule has 2 aromatic rings. The maximum absolute atomic E-state index is 12.7. The van der Waals surface area contributed by atoms with Crippen LogP contribution in [0.25, 0.3) is 0 Å². The van der Waals surface area contributed by atoms with Crippen LogP contribution in [0.2, 0.25) is 0 Å². The normalized spacial score (nSPS) is 19.7. The molecular formula is C19H20F3N. The van der Waals surface area contributed by atoms with Gasteiger partial charge in [0.2, 0.25) is 0 Å². The maximum Gasteiger partial charge on any atom is 0.416 e. The van der Waals surface area contributed by atoms with Crippen molar-refractivity contribution in [3.63, 3.8) is 0 Å². The van der Waals surface area contributed by atoms with Gasteiger partial charge >= 0.3 is 6.18 Å². The average molecular weight is 319 g/mol. The molecule has 4 heteroatoms. The monoisotopic (exact) mass is 319 g/mol. The molecule has 0 saturated carbocycles. The minimum atomic E-state index is -4.27. The fraction of sp³-hybridized carbons (Fsp3) is 0.368. The zero-order valence-corrected chi connectivity index (χ0v) is 12.9. The second kappa shape index (κ2) is 6.75. The van der Waals surface area contributed by atoms with Crippen LogP contribution in [0.1, 0.15) is 42.0 Å². The summed E-state index contributed by atoms with van der Waals surface area (Å²) in [6.07, 6.45) is -1.01. The molecule has 122 valence electrons. The molecule has 0 aliphatic carbocycles. The number of rotatable bonds is 3. The molecule has 3 rings (SSSR count). The fourth-order valence-corrected chi connectivity index (χ4v) is 3.27. The average Bonchev–Trinajstić information content (AvgIpc) is 2.56. The van der Waals surface area contributed by atoms with Gasteiger partial charge in [0, 0.05) is 12.6 Å². The lowest BCUT2D eigenvalue weighted by Crippen LogP contribution is -2.32. The number of hydrogen-bond donors (Lipinski definition) is 0. The van der Waals surface area contributed by atoms with Crippen molar-refractivity contribution in [3.05, 3.63) is 71.3 Å². The number of halogens is 3. The summed E-state index contributed by atoms with van der Waals surface area (Å²) < 4.78 is 38.1. The molecule has 0 amide bonds. The Hall–Kier alpha value is -1.81. The maximum atomic E-state index is 12.7. The van der Waals surface area contributed by atoms with Crippen molar-refractivity contribution in [2.24, 2.45) is 0 Å². The third-order valence-electron chi connectivity index (χ3n) is 4.46. The standard InChI is InChI=1S/C19H20F3N/c20-19(21,22)17-11-9-16(10-12-17)18-8-4-5-13-23(18)14-15-6-2-1-3-7-15/h1-3,6-7,9-12,18H,4-5,8,13-14H2/t18-/m1/s1. The highest BCUT2D eigenvalue weighted by Gasteiger charge is 2.31. The molecular weight excluding hydrogens is 299 g/mol. The summed E-state index contributed by atoms with van der Waals surface area (Å²) in [6, 6.07) is 16.1. The van der Waals surface area contributed by atoms with Gasteiger partial charge in [0.15, 0.2) is 0 Å². The van der Waals surface area contributed by atoms with Crippen LogP contribution in [-0.4, -0.2) is 11.4 Å². The molecule has 1 heterocycles. The summed E-state index contributed by atoms with van der Waals surface area (Å²) in [5, 5.41) is 0. The van der Waals surface area contributed by atoms with Gasteiger partial charge in [0.1, 0.15) is 0 Å². The molecule has 0 bridgehead atoms. The third kappa shape index (κ3) is 3.94. The first-order valence-electron chi connectivity index (χ1n) is 7.99. The predicted molar refractivity (Wildman–Crippen MR) is 84.9 cm³/mol. The van der Waals surface area contributed by atoms with Gasteiger partial charge in [-0.2, -0.15) is 13.2 Å². The van der Waals surface area contributed by atoms with Crippen LogP contribution in [0.3, 0.4) is 0 Å². The fourth-order valence-electron chi connectivity index (χ4n) is 3.27. The summed E-state index contributed by atoms with van der Waals surface area (Å²) in [4.78, 5) is 2.38. The lowest BCUT2D eigenvalue weighted by Gasteiger charge is -2.36. The van der Waals surface area contributed by atoms with E-state index in [1.807, 2.05) is 18.2 Å². The Labute approximate surface area is 134 Å². The van der Waals surface area contributed by atoms with E-state index in [1.165, 1.54) is 17.7 Å². The summed E-state index contributed by atoms with van der Waals surface area (Å²) >= 11 is 0. The van der Waals surface area contributed by atoms with Crippen LogP contribution < -0.4 is 0 Å². The SMILES string of the molecule is FC(F)(F)c1ccc([C@H]2CCCCN2Cc2ccccc2)cc1. The summed E-state index contributed by atoms with van der Waals surface area (Å²) in [5.41, 5.74) is 1.65. The van der Waals surface area contributed by atoms with Crippen molar-refractivity contribution in [1.29, 1.82) is 0 Å². The van der Waals surface area contributed by atoms with E-state index in [1.54, 1.807) is 12.1 Å². The Morgan fingerprint density at radius 3 is 2.26 bits per heavy atom. The van der Waals surface area contributed by atoms with Crippen molar-refractivity contribution in [2.45, 2.75) is 38.0 Å². The van der Waals surface area contributed by atoms with Crippen molar-refractivity contribution in [3.8, 4) is 0 Å². The smallest absolute Gasteiger partial charge is 0.292 e. The van der Waals surface area contributed by atoms with Gasteiger partial charge in [-0.25, -0.2) is 0 Å². The van der Waals surface area contributed by atoms with E-state index < -0.39 is 11.7 Å². The van der Waals surface area contributed by atoms with Crippen molar-refractivity contribution in [2.75, 3.05) is 6.54 Å². The van der Waals surface area contributed by atoms with Crippen LogP contribution in [-0.2, 0) is 12.7 Å². The number of alkyl halides is 3. The lowest BCUT2D eigenvalue weighted by atomic mass is 9.94. The summed E-state index contributed by atoms with van der Waals surface area (Å²) in [6.45, 7) is 1.83. The highest BCUT2D eigenvalue weighted by Crippen LogP contribution is 2.34. The molecule has 0 unspecified atom stereocenters. The largest absolute Gasteiger partial charge is 0.416 e. The molecule has 0 radical (unpaired) electrons. The lowest BCUT2D eigenvalue weighted by molar-refractivity contribution is -0.137. The van der Waals surface area contributed by atoms with Crippen LogP contribution >= 0.6 is 0 Å². The van der Waals surface area contributed by atoms with E-state index in [9.17, 15) is 13.2 Å². The molecule has 0 N–H and O–H groups in total. The second-order valence-corrected chi connectivity index (χ2v) is 6.09. The molecule has 23 heavy (non-hydrogen) atoms. The molecule has 1 aliphatic rings. The first-order chi connectivity index (χ1) is 11.0. The molecule has 1 fully saturated rings. The summed E-state index contributed by atoms with van der Waals surface area (Å²) in [7, 11) is 0. The highest BCUT2D eigenvalue weighted by molar-refractivity contribution is 5.27. The zero-order valence-electron chi connectivity index (χ0n) is 12.9. The van der Waals surface area contributed by atoms with E-state index >= 15 is 0 Å². The Morgan fingerprint density at radius 2 is 1.61 bits per heavy atom. The van der Waals surface area contributed by atoms with E-state index in [-0.39, 0.29) is 6.04 Å². The number of nitrogens with zero attached hydrogens (tertiary/aromatic N) is 1. The number of hydrogen-bond acceptors (Lipinski definition) is 1. The number of piperidine rings is 1. The van der Waals surface area contributed by atoms with Gasteiger partial charge in [-0.15, -0.1) is 0 Å². The summed E-state index contributed by atoms with van der Waals surface area (Å²) in [5.74, 6) is 0. The Morgan fingerprint density at radius 1 is 0.913 bits per heavy atom. The number of likely N-dealkylation sites (tertiary alicyclic amines) is 1. The van der Waals surface area contributed by atoms with Gasteiger partial charge in [0.05, 0.1) is 5.56 Å². The van der Waals surface area contributed by atoms with Crippen molar-refractivity contribution in [1.82, 2.24) is 4.90 Å².